The Morgan fingerprint density at radius 2 is 0.736 bits per heavy atom. The van der Waals surface area contributed by atoms with Gasteiger partial charge < -0.3 is 73.0 Å². The number of nitrogens with one attached hydrogen (secondary N) is 1. The molecule has 0 spiro atoms. The number of halogens is 1. The molecular formula is C110H108FN23O14. The van der Waals surface area contributed by atoms with Crippen LogP contribution in [0.1, 0.15) is 65.3 Å². The second-order valence-electron chi connectivity index (χ2n) is 35.0. The Hall–Kier alpha value is -17.8. The van der Waals surface area contributed by atoms with Gasteiger partial charge >= 0.3 is 0 Å². The van der Waals surface area contributed by atoms with Crippen molar-refractivity contribution in [3.05, 3.63) is 297 Å². The van der Waals surface area contributed by atoms with Gasteiger partial charge in [0.15, 0.2) is 0 Å². The van der Waals surface area contributed by atoms with Gasteiger partial charge in [-0.3, -0.25) is 67.6 Å². The molecule has 0 bridgehead atoms. The summed E-state index contributed by atoms with van der Waals surface area (Å²) in [5.74, 6) is 2.20. The quantitative estimate of drug-likeness (QED) is 0.0330. The van der Waals surface area contributed by atoms with Gasteiger partial charge in [0.2, 0.25) is 0 Å². The first kappa shape index (κ1) is 96.4. The molecule has 0 radical (unpaired) electrons. The number of nitrogens with zero attached hydrogens (tertiary/aromatic N) is 22. The Bertz CT molecular complexity index is 7930. The van der Waals surface area contributed by atoms with E-state index in [1.54, 1.807) is 167 Å². The van der Waals surface area contributed by atoms with Crippen LogP contribution in [0.2, 0.25) is 0 Å². The van der Waals surface area contributed by atoms with E-state index in [0.29, 0.717) is 149 Å². The molecule has 38 heteroatoms. The SMILES string of the molecule is CCOc1cc(F)cc(N(CCN2C(=O)c3ccccc3C2=O)c2ccc3ncc(-c4cnn(C)c4)nc3c2)c1.COc1cc(OC)cc(N(CC(O)CN2C(=O)c3ccccc3C2=O)c2ccc3ncc(-c4cnn(C)c4)nc3c2)c1.COc1cc(OC)cc(N(CC2(OC)CCNCC2)c2ccc3ncc(-c4cnn(C)c4)nc3c2)c1.[2H]C([2H])([2H])n1cc(-c2cnc3ccc(N(CCO)c4cc(OC)cc(OC)c4)cc3n2)cn1. The van der Waals surface area contributed by atoms with Crippen LogP contribution >= 0.6 is 0 Å². The molecule has 1 saturated heterocycles. The van der Waals surface area contributed by atoms with Crippen LogP contribution in [0, 0.1) is 5.82 Å². The number of aliphatic hydroxyl groups is 2. The van der Waals surface area contributed by atoms with Crippen molar-refractivity contribution < 1.29 is 75.8 Å². The largest absolute Gasteiger partial charge is 0.497 e. The third kappa shape index (κ3) is 22.3. The number of β-amino-alcohol motifs (C(OH)–C–C–N with tert-alkyl or cyclic N) is 1. The molecule has 37 nitrogen and oxygen atoms in total. The van der Waals surface area contributed by atoms with Gasteiger partial charge in [0, 0.05) is 218 Å². The number of piperidine rings is 1. The van der Waals surface area contributed by atoms with Crippen molar-refractivity contribution in [3.63, 3.8) is 0 Å². The highest BCUT2D eigenvalue weighted by Crippen LogP contribution is 2.42. The summed E-state index contributed by atoms with van der Waals surface area (Å²) in [6.45, 7) is 2.77. The number of rotatable bonds is 32. The molecular weight excluding hydrogens is 1890 g/mol. The Morgan fingerprint density at radius 3 is 1.09 bits per heavy atom. The van der Waals surface area contributed by atoms with Gasteiger partial charge in [-0.1, -0.05) is 24.3 Å². The minimum absolute atomic E-state index is 0.0466. The number of carbonyl (C=O) groups is 4. The van der Waals surface area contributed by atoms with Gasteiger partial charge in [0.1, 0.15) is 46.1 Å². The normalized spacial score (nSPS) is 13.5. The highest BCUT2D eigenvalue weighted by molar-refractivity contribution is 6.22. The Morgan fingerprint density at radius 1 is 0.399 bits per heavy atom. The number of amides is 4. The third-order valence-corrected chi connectivity index (χ3v) is 25.5. The van der Waals surface area contributed by atoms with Gasteiger partial charge in [-0.15, -0.1) is 0 Å². The number of ether oxygens (including phenoxy) is 8. The number of hydrogen-bond donors (Lipinski definition) is 3. The maximum Gasteiger partial charge on any atom is 0.261 e. The summed E-state index contributed by atoms with van der Waals surface area (Å²) in [5, 5.41) is 41.1. The zero-order chi connectivity index (χ0) is 106. The van der Waals surface area contributed by atoms with Crippen LogP contribution in [-0.2, 0) is 32.9 Å². The van der Waals surface area contributed by atoms with E-state index in [4.69, 9.17) is 57.0 Å². The van der Waals surface area contributed by atoms with Gasteiger partial charge in [-0.2, -0.15) is 20.4 Å². The van der Waals surface area contributed by atoms with E-state index in [9.17, 15) is 33.8 Å². The van der Waals surface area contributed by atoms with Crippen molar-refractivity contribution in [1.29, 1.82) is 0 Å². The summed E-state index contributed by atoms with van der Waals surface area (Å²) in [4.78, 5) is 99.6. The maximum atomic E-state index is 14.7. The number of aliphatic hydroxyl groups excluding tert-OH is 2. The monoisotopic (exact) mass is 2000 g/mol. The van der Waals surface area contributed by atoms with E-state index in [2.05, 4.69) is 67.7 Å². The van der Waals surface area contributed by atoms with E-state index >= 15 is 0 Å². The van der Waals surface area contributed by atoms with E-state index < -0.39 is 30.7 Å². The van der Waals surface area contributed by atoms with Gasteiger partial charge in [0.05, 0.1) is 226 Å². The smallest absolute Gasteiger partial charge is 0.261 e. The molecule has 1 unspecified atom stereocenters. The van der Waals surface area contributed by atoms with E-state index in [1.165, 1.54) is 29.4 Å². The summed E-state index contributed by atoms with van der Waals surface area (Å²) in [6.07, 6.45) is 21.3. The van der Waals surface area contributed by atoms with Crippen molar-refractivity contribution in [2.45, 2.75) is 31.5 Å². The van der Waals surface area contributed by atoms with Gasteiger partial charge in [0.25, 0.3) is 23.6 Å². The van der Waals surface area contributed by atoms with Crippen LogP contribution in [0.15, 0.2) is 268 Å². The summed E-state index contributed by atoms with van der Waals surface area (Å²) >= 11 is 0. The van der Waals surface area contributed by atoms with Crippen LogP contribution in [0.4, 0.5) is 49.9 Å². The lowest BCUT2D eigenvalue weighted by molar-refractivity contribution is -0.0258. The molecule has 11 heterocycles. The molecule has 0 saturated carbocycles. The molecule has 10 aromatic carbocycles. The highest BCUT2D eigenvalue weighted by atomic mass is 19.1. The second kappa shape index (κ2) is 44.6. The average molecular weight is 2000 g/mol. The lowest BCUT2D eigenvalue weighted by atomic mass is 9.91. The lowest BCUT2D eigenvalue weighted by Crippen LogP contribution is -2.50. The van der Waals surface area contributed by atoms with Crippen molar-refractivity contribution in [2.24, 2.45) is 28.1 Å². The number of anilines is 8. The zero-order valence-corrected chi connectivity index (χ0v) is 83.0. The number of benzene rings is 10. The number of hydrogen-bond acceptors (Lipinski definition) is 31. The Labute approximate surface area is 855 Å². The standard InChI is InChI=1S/C31H28N6O5.C30H25FN6O3.C27H32N6O3.C22H23N5O3/c1-35-16-19(14-33-35)29-15-32-27-9-8-20(12-28(27)34-29)36(21-10-23(41-2)13-24(11-21)42-3)17-22(38)18-37-30(39)25-6-4-5-7-26(25)31(37)40;1-3-40-23-13-20(31)12-22(14-23)36(10-11-37-29(38)24-6-4-5-7-25(24)30(37)39)21-8-9-26-27(15-21)34-28(17-32-26)19-16-33-35(2)18-19;1-32-17-19(15-30-32)26-16-29-24-6-5-20(13-25(24)31-26)33(18-27(36-4)7-9-28-10-8-27)21-11-22(34-2)14-23(12-21)35-3;1-26-14-15(12-24-26)22-13-23-20-5-4-16(10-21(20)25-22)27(6-7-28)17-8-18(29-2)11-19(9-17)30-3/h4-16,22,38H,17-18H2,1-3H3;4-9,12-18H,3,10-11H2,1-2H3;5-6,11-17,28H,7-10,18H2,1-4H3;4-5,8-14,28H,6-7H2,1-3H3/i;;;1D3. The molecule has 1 atom stereocenters. The molecule has 21 rings (SSSR count). The molecule has 3 aliphatic heterocycles. The number of methoxy groups -OCH3 is 7. The van der Waals surface area contributed by atoms with Crippen molar-refractivity contribution in [2.75, 3.05) is 135 Å². The number of fused-ring (bicyclic) bond motifs is 6. The molecule has 0 aliphatic carbocycles. The molecule has 3 N–H and O–H groups in total. The average Bonchev–Trinajstić information content (AvgIpc) is 1.73. The maximum absolute atomic E-state index is 14.7. The molecule has 8 aromatic heterocycles. The van der Waals surface area contributed by atoms with Crippen LogP contribution in [0.25, 0.3) is 89.2 Å². The predicted octanol–water partition coefficient (Wildman–Crippen LogP) is 16.0. The summed E-state index contributed by atoms with van der Waals surface area (Å²) in [6, 6.07) is 57.6. The minimum Gasteiger partial charge on any atom is -0.497 e. The van der Waals surface area contributed by atoms with Crippen LogP contribution in [0.5, 0.6) is 40.2 Å². The topological polar surface area (TPSA) is 388 Å². The number of carbonyl (C=O) groups excluding carboxylic acids is 4. The number of aryl methyl sites for hydroxylation is 4. The first-order valence-corrected chi connectivity index (χ1v) is 47.4. The lowest BCUT2D eigenvalue weighted by Gasteiger charge is -2.41. The first-order chi connectivity index (χ1) is 73.1. The summed E-state index contributed by atoms with van der Waals surface area (Å²) < 4.78 is 87.9. The van der Waals surface area contributed by atoms with Crippen LogP contribution < -0.4 is 58.1 Å². The van der Waals surface area contributed by atoms with Crippen molar-refractivity contribution in [3.8, 4) is 85.3 Å². The molecule has 4 amide bonds. The molecule has 754 valence electrons. The highest BCUT2D eigenvalue weighted by Gasteiger charge is 2.40. The first-order valence-electron chi connectivity index (χ1n) is 48.9. The van der Waals surface area contributed by atoms with Crippen LogP contribution in [0.3, 0.4) is 0 Å². The molecule has 18 aromatic rings. The molecule has 1 fully saturated rings. The fourth-order valence-corrected chi connectivity index (χ4v) is 17.9. The fourth-order valence-electron chi connectivity index (χ4n) is 17.9. The van der Waals surface area contributed by atoms with E-state index in [0.717, 1.165) is 103 Å². The summed E-state index contributed by atoms with van der Waals surface area (Å²) in [7, 11) is 17.0. The Kier molecular flexibility index (Phi) is 29.1. The molecule has 3 aliphatic rings. The van der Waals surface area contributed by atoms with E-state index in [1.807, 2.05) is 172 Å². The predicted molar refractivity (Wildman–Crippen MR) is 560 cm³/mol. The fraction of sp³-hybridized carbons (Fsp3) is 0.236. The molecule has 148 heavy (non-hydrogen) atoms. The van der Waals surface area contributed by atoms with Crippen LogP contribution in [-0.4, -0.2) is 250 Å². The van der Waals surface area contributed by atoms with Crippen molar-refractivity contribution >= 4 is 113 Å². The number of imide groups is 2. The van der Waals surface area contributed by atoms with Gasteiger partial charge in [-0.05, 0) is 136 Å². The Balaban J connectivity index is 0.000000132. The van der Waals surface area contributed by atoms with E-state index in [-0.39, 0.29) is 50.2 Å². The summed E-state index contributed by atoms with van der Waals surface area (Å²) in [5.41, 5.74) is 18.6. The number of aromatic nitrogens is 16. The third-order valence-electron chi connectivity index (χ3n) is 25.5. The second-order valence-corrected chi connectivity index (χ2v) is 35.0. The van der Waals surface area contributed by atoms with Gasteiger partial charge in [-0.25, -0.2) is 24.3 Å². The minimum atomic E-state index is -2.36. The zero-order valence-electron chi connectivity index (χ0n) is 86.0. The van der Waals surface area contributed by atoms with Crippen molar-refractivity contribution in [1.82, 2.24) is 94.1 Å².